The zero-order chi connectivity index (χ0) is 44.8. The van der Waals surface area contributed by atoms with E-state index in [-0.39, 0.29) is 19.2 Å². The van der Waals surface area contributed by atoms with E-state index in [9.17, 15) is 19.4 Å². The van der Waals surface area contributed by atoms with E-state index in [0.717, 1.165) is 32.1 Å². The number of aliphatic hydroxyl groups is 1. The Hall–Kier alpha value is -1.28. The molecule has 0 saturated heterocycles. The molecule has 0 saturated carbocycles. The van der Waals surface area contributed by atoms with Crippen LogP contribution in [0.25, 0.3) is 0 Å². The highest BCUT2D eigenvalue weighted by molar-refractivity contribution is 7.45. The van der Waals surface area contributed by atoms with Crippen molar-refractivity contribution in [3.05, 3.63) is 36.5 Å². The summed E-state index contributed by atoms with van der Waals surface area (Å²) in [6, 6.07) is 0. The highest BCUT2D eigenvalue weighted by Crippen LogP contribution is 2.38. The van der Waals surface area contributed by atoms with Gasteiger partial charge < -0.3 is 28.3 Å². The average Bonchev–Trinajstić information content (AvgIpc) is 3.22. The standard InChI is InChI=1S/C52H100NO7P/c1-5-6-7-8-9-10-11-12-13-14-15-16-17-18-19-20-21-22-23-24-25-26-27-28-29-30-31-32-33-34-35-36-37-38-39-40-41-42-43-44-45-46-52(55)58-49-51(54)50-60-61(56,57)59-48-47-53(2,3)4/h11-12,14-15,17-18,51,54H,5-10,13,16,19-50H2,1-4H3/b12-11-,15-14-,18-17-. The van der Waals surface area contributed by atoms with Crippen LogP contribution in [0, 0.1) is 0 Å². The van der Waals surface area contributed by atoms with Gasteiger partial charge >= 0.3 is 5.97 Å². The van der Waals surface area contributed by atoms with Crippen molar-refractivity contribution in [1.29, 1.82) is 0 Å². The third-order valence-electron chi connectivity index (χ3n) is 11.4. The average molecular weight is 882 g/mol. The van der Waals surface area contributed by atoms with E-state index >= 15 is 0 Å². The normalized spacial score (nSPS) is 13.9. The van der Waals surface area contributed by atoms with Gasteiger partial charge in [-0.05, 0) is 44.9 Å². The number of rotatable bonds is 48. The van der Waals surface area contributed by atoms with E-state index in [1.165, 1.54) is 193 Å². The topological polar surface area (TPSA) is 105 Å². The summed E-state index contributed by atoms with van der Waals surface area (Å²) in [7, 11) is 1.26. The molecule has 0 aromatic heterocycles. The van der Waals surface area contributed by atoms with Gasteiger partial charge in [0, 0.05) is 6.42 Å². The van der Waals surface area contributed by atoms with Gasteiger partial charge in [0.2, 0.25) is 0 Å². The minimum absolute atomic E-state index is 0.00655. The van der Waals surface area contributed by atoms with Crippen LogP contribution in [-0.2, 0) is 23.1 Å². The second-order valence-corrected chi connectivity index (χ2v) is 20.2. The molecule has 0 fully saturated rings. The molecule has 0 aromatic rings. The quantitative estimate of drug-likeness (QED) is 0.0213. The molecule has 8 nitrogen and oxygen atoms in total. The Morgan fingerprint density at radius 3 is 1.25 bits per heavy atom. The van der Waals surface area contributed by atoms with Crippen LogP contribution >= 0.6 is 7.82 Å². The highest BCUT2D eigenvalue weighted by atomic mass is 31.2. The number of phosphoric ester groups is 1. The molecule has 61 heavy (non-hydrogen) atoms. The lowest BCUT2D eigenvalue weighted by atomic mass is 10.0. The zero-order valence-electron chi connectivity index (χ0n) is 40.6. The third kappa shape index (κ3) is 51.2. The smallest absolute Gasteiger partial charge is 0.305 e. The summed E-state index contributed by atoms with van der Waals surface area (Å²) < 4.78 is 26.9. The number of quaternary nitrogens is 1. The molecule has 0 aliphatic heterocycles. The number of nitrogens with zero attached hydrogens (tertiary/aromatic N) is 1. The number of aliphatic hydroxyl groups excluding tert-OH is 1. The highest BCUT2D eigenvalue weighted by Gasteiger charge is 2.17. The van der Waals surface area contributed by atoms with Crippen LogP contribution in [0.4, 0.5) is 0 Å². The number of ether oxygens (including phenoxy) is 1. The molecule has 9 heteroatoms. The maximum absolute atomic E-state index is 12.0. The van der Waals surface area contributed by atoms with Crippen LogP contribution in [0.15, 0.2) is 36.5 Å². The van der Waals surface area contributed by atoms with Crippen LogP contribution in [0.3, 0.4) is 0 Å². The van der Waals surface area contributed by atoms with Gasteiger partial charge in [-0.2, -0.15) is 0 Å². The maximum Gasteiger partial charge on any atom is 0.305 e. The molecule has 360 valence electrons. The molecule has 0 amide bonds. The lowest BCUT2D eigenvalue weighted by molar-refractivity contribution is -0.870. The van der Waals surface area contributed by atoms with Crippen molar-refractivity contribution >= 4 is 13.8 Å². The van der Waals surface area contributed by atoms with E-state index in [2.05, 4.69) is 43.4 Å². The van der Waals surface area contributed by atoms with Gasteiger partial charge in [0.25, 0.3) is 7.82 Å². The zero-order valence-corrected chi connectivity index (χ0v) is 41.5. The van der Waals surface area contributed by atoms with Crippen molar-refractivity contribution in [2.24, 2.45) is 0 Å². The first kappa shape index (κ1) is 59.7. The van der Waals surface area contributed by atoms with E-state index in [4.69, 9.17) is 13.8 Å². The molecule has 0 spiro atoms. The summed E-state index contributed by atoms with van der Waals surface area (Å²) in [5, 5.41) is 9.90. The lowest BCUT2D eigenvalue weighted by Crippen LogP contribution is -2.37. The number of unbranched alkanes of at least 4 members (excludes halogenated alkanes) is 31. The van der Waals surface area contributed by atoms with Gasteiger partial charge in [-0.25, -0.2) is 0 Å². The van der Waals surface area contributed by atoms with E-state index in [1.807, 2.05) is 21.1 Å². The second-order valence-electron chi connectivity index (χ2n) is 18.7. The minimum atomic E-state index is -4.50. The Morgan fingerprint density at radius 2 is 0.869 bits per heavy atom. The maximum atomic E-state index is 12.0. The number of carbonyl (C=O) groups excluding carboxylic acids is 1. The molecule has 0 bridgehead atoms. The number of phosphoric acid groups is 1. The first-order valence-electron chi connectivity index (χ1n) is 25.7. The van der Waals surface area contributed by atoms with Crippen LogP contribution in [0.5, 0.6) is 0 Å². The summed E-state index contributed by atoms with van der Waals surface area (Å²) in [5.41, 5.74) is 0. The Kier molecular flexibility index (Phi) is 44.3. The Labute approximate surface area is 378 Å². The third-order valence-corrected chi connectivity index (χ3v) is 12.4. The van der Waals surface area contributed by atoms with Crippen LogP contribution in [0.2, 0.25) is 0 Å². The molecular weight excluding hydrogens is 782 g/mol. The molecular formula is C52H100NO7P. The summed E-state index contributed by atoms with van der Waals surface area (Å²) in [5.74, 6) is -0.382. The fourth-order valence-corrected chi connectivity index (χ4v) is 8.10. The van der Waals surface area contributed by atoms with Crippen molar-refractivity contribution < 1.29 is 37.6 Å². The number of esters is 1. The lowest BCUT2D eigenvalue weighted by Gasteiger charge is -2.27. The first-order valence-corrected chi connectivity index (χ1v) is 27.2. The molecule has 2 atom stereocenters. The molecule has 0 heterocycles. The molecule has 0 rings (SSSR count). The Balaban J connectivity index is 3.31. The predicted molar refractivity (Wildman–Crippen MR) is 259 cm³/mol. The largest absolute Gasteiger partial charge is 0.756 e. The summed E-state index contributed by atoms with van der Waals surface area (Å²) in [6.07, 6.45) is 59.4. The molecule has 0 aliphatic carbocycles. The van der Waals surface area contributed by atoms with Gasteiger partial charge in [0.05, 0.1) is 27.7 Å². The first-order chi connectivity index (χ1) is 29.6. The van der Waals surface area contributed by atoms with Crippen LogP contribution in [0.1, 0.15) is 238 Å². The van der Waals surface area contributed by atoms with Gasteiger partial charge in [-0.15, -0.1) is 0 Å². The van der Waals surface area contributed by atoms with E-state index < -0.39 is 20.5 Å². The number of carbonyl (C=O) groups is 1. The SMILES string of the molecule is CCCCCCC/C=C\C/C=C\C/C=C\CCCCCCCCCCCCCCCCCCCCCCCCCCCCC(=O)OCC(O)COP(=O)([O-])OCC[N+](C)(C)C. The van der Waals surface area contributed by atoms with Crippen molar-refractivity contribution in [1.82, 2.24) is 0 Å². The minimum Gasteiger partial charge on any atom is -0.756 e. The Morgan fingerprint density at radius 1 is 0.525 bits per heavy atom. The summed E-state index contributed by atoms with van der Waals surface area (Å²) >= 11 is 0. The fraction of sp³-hybridized carbons (Fsp3) is 0.865. The monoisotopic (exact) mass is 882 g/mol. The Bertz CT molecular complexity index is 1070. The number of hydrogen-bond acceptors (Lipinski definition) is 7. The molecule has 0 radical (unpaired) electrons. The number of allylic oxidation sites excluding steroid dienone is 6. The molecule has 2 unspecified atom stereocenters. The fourth-order valence-electron chi connectivity index (χ4n) is 7.37. The van der Waals surface area contributed by atoms with Gasteiger partial charge in [-0.3, -0.25) is 9.36 Å². The number of likely N-dealkylation sites (N-methyl/N-ethyl adjacent to an activating group) is 1. The summed E-state index contributed by atoms with van der Waals surface area (Å²) in [6.45, 7) is 1.96. The van der Waals surface area contributed by atoms with Gasteiger partial charge in [0.15, 0.2) is 0 Å². The molecule has 0 aromatic carbocycles. The van der Waals surface area contributed by atoms with E-state index in [0.29, 0.717) is 17.4 Å². The molecule has 0 aliphatic rings. The van der Waals surface area contributed by atoms with Crippen LogP contribution in [-0.4, -0.2) is 69.2 Å². The van der Waals surface area contributed by atoms with E-state index in [1.54, 1.807) is 0 Å². The van der Waals surface area contributed by atoms with Crippen molar-refractivity contribution in [2.45, 2.75) is 244 Å². The number of hydrogen-bond donors (Lipinski definition) is 1. The second kappa shape index (κ2) is 45.3. The van der Waals surface area contributed by atoms with Crippen molar-refractivity contribution in [2.75, 3.05) is 47.5 Å². The summed E-state index contributed by atoms with van der Waals surface area (Å²) in [4.78, 5) is 23.8. The van der Waals surface area contributed by atoms with Crippen molar-refractivity contribution in [3.8, 4) is 0 Å². The van der Waals surface area contributed by atoms with Crippen LogP contribution < -0.4 is 4.89 Å². The van der Waals surface area contributed by atoms with Gasteiger partial charge in [-0.1, -0.05) is 223 Å². The van der Waals surface area contributed by atoms with Crippen molar-refractivity contribution in [3.63, 3.8) is 0 Å². The van der Waals surface area contributed by atoms with Gasteiger partial charge in [0.1, 0.15) is 25.9 Å². The molecule has 1 N–H and O–H groups in total. The predicted octanol–water partition coefficient (Wildman–Crippen LogP) is 14.8.